The van der Waals surface area contributed by atoms with Gasteiger partial charge in [0.15, 0.2) is 0 Å². The van der Waals surface area contributed by atoms with E-state index in [0.29, 0.717) is 11.4 Å². The maximum absolute atomic E-state index is 6.43. The number of aliphatic imine (C=N–C) groups is 1. The van der Waals surface area contributed by atoms with Crippen LogP contribution in [0, 0.1) is 0 Å². The predicted molar refractivity (Wildman–Crippen MR) is 98.8 cm³/mol. The molecule has 0 saturated carbocycles. The van der Waals surface area contributed by atoms with Crippen LogP contribution in [0.3, 0.4) is 0 Å². The van der Waals surface area contributed by atoms with Crippen LogP contribution in [0.5, 0.6) is 0 Å². The maximum atomic E-state index is 6.43. The summed E-state index contributed by atoms with van der Waals surface area (Å²) in [7, 11) is 0. The van der Waals surface area contributed by atoms with E-state index >= 15 is 0 Å². The number of anilines is 1. The first kappa shape index (κ1) is 15.1. The van der Waals surface area contributed by atoms with Crippen LogP contribution in [0.1, 0.15) is 30.7 Å². The number of fused-ring (bicyclic) bond motifs is 2. The summed E-state index contributed by atoms with van der Waals surface area (Å²) in [6, 6.07) is 13.6. The molecule has 0 fully saturated rings. The Morgan fingerprint density at radius 1 is 1.04 bits per heavy atom. The molecule has 1 aliphatic rings. The van der Waals surface area contributed by atoms with Crippen LogP contribution < -0.4 is 5.73 Å². The second-order valence-electron chi connectivity index (χ2n) is 6.70. The van der Waals surface area contributed by atoms with Crippen LogP contribution in [-0.4, -0.2) is 21.4 Å². The van der Waals surface area contributed by atoms with Gasteiger partial charge in [-0.3, -0.25) is 4.99 Å². The summed E-state index contributed by atoms with van der Waals surface area (Å²) in [6.07, 6.45) is 0.784. The number of aromatic nitrogens is 2. The van der Waals surface area contributed by atoms with Crippen molar-refractivity contribution in [2.75, 3.05) is 5.73 Å². The molecular weight excluding hydrogens is 320 g/mol. The summed E-state index contributed by atoms with van der Waals surface area (Å²) in [5.41, 5.74) is 11.0. The fourth-order valence-corrected chi connectivity index (χ4v) is 3.47. The van der Waals surface area contributed by atoms with Crippen LogP contribution in [0.15, 0.2) is 47.5 Å². The first-order valence-electron chi connectivity index (χ1n) is 7.85. The molecule has 0 aliphatic carbocycles. The average molecular weight is 337 g/mol. The Morgan fingerprint density at radius 3 is 2.67 bits per heavy atom. The second-order valence-corrected chi connectivity index (χ2v) is 7.10. The monoisotopic (exact) mass is 336 g/mol. The van der Waals surface area contributed by atoms with Crippen LogP contribution in [0.4, 0.5) is 5.69 Å². The molecule has 1 aromatic heterocycles. The fourth-order valence-electron chi connectivity index (χ4n) is 3.22. The zero-order chi connectivity index (χ0) is 16.9. The van der Waals surface area contributed by atoms with Gasteiger partial charge in [-0.1, -0.05) is 41.9 Å². The number of nitrogen functional groups attached to an aromatic ring is 1. The summed E-state index contributed by atoms with van der Waals surface area (Å²) < 4.78 is 0. The van der Waals surface area contributed by atoms with Crippen LogP contribution in [-0.2, 0) is 6.42 Å². The lowest BCUT2D eigenvalue weighted by Crippen LogP contribution is -2.30. The number of hydrogen-bond acceptors (Lipinski definition) is 4. The molecule has 0 radical (unpaired) electrons. The molecule has 4 nitrogen and oxygen atoms in total. The maximum Gasteiger partial charge on any atom is 0.135 e. The SMILES string of the molecule is CC1(C)Cc2c(Cl)cccc2C(c2nnc3ccccc3c2N)=N1. The number of hydrogen-bond donors (Lipinski definition) is 1. The third kappa shape index (κ3) is 2.34. The fraction of sp³-hybridized carbons (Fsp3) is 0.211. The van der Waals surface area contributed by atoms with Crippen LogP contribution in [0.25, 0.3) is 10.9 Å². The van der Waals surface area contributed by atoms with Crippen molar-refractivity contribution >= 4 is 33.9 Å². The Labute approximate surface area is 145 Å². The molecule has 0 spiro atoms. The van der Waals surface area contributed by atoms with E-state index < -0.39 is 0 Å². The molecule has 0 bridgehead atoms. The Morgan fingerprint density at radius 2 is 1.83 bits per heavy atom. The number of benzene rings is 2. The average Bonchev–Trinajstić information content (AvgIpc) is 2.55. The van der Waals surface area contributed by atoms with Crippen molar-refractivity contribution in [2.24, 2.45) is 4.99 Å². The molecule has 0 amide bonds. The smallest absolute Gasteiger partial charge is 0.135 e. The molecule has 2 aromatic carbocycles. The predicted octanol–water partition coefficient (Wildman–Crippen LogP) is 4.04. The first-order valence-corrected chi connectivity index (χ1v) is 8.23. The van der Waals surface area contributed by atoms with Crippen molar-refractivity contribution in [3.05, 3.63) is 64.3 Å². The molecule has 1 aliphatic heterocycles. The Hall–Kier alpha value is -2.46. The highest BCUT2D eigenvalue weighted by molar-refractivity contribution is 6.32. The van der Waals surface area contributed by atoms with E-state index in [4.69, 9.17) is 22.3 Å². The van der Waals surface area contributed by atoms with Crippen LogP contribution in [0.2, 0.25) is 5.02 Å². The topological polar surface area (TPSA) is 64.2 Å². The van der Waals surface area contributed by atoms with Crippen molar-refractivity contribution in [2.45, 2.75) is 25.8 Å². The highest BCUT2D eigenvalue weighted by Gasteiger charge is 2.30. The molecule has 0 atom stereocenters. The van der Waals surface area contributed by atoms with Crippen LogP contribution >= 0.6 is 11.6 Å². The van der Waals surface area contributed by atoms with Gasteiger partial charge in [-0.15, -0.1) is 10.2 Å². The van der Waals surface area contributed by atoms with E-state index in [2.05, 4.69) is 24.0 Å². The van der Waals surface area contributed by atoms with Crippen molar-refractivity contribution in [1.29, 1.82) is 0 Å². The van der Waals surface area contributed by atoms with E-state index in [1.54, 1.807) is 0 Å². The molecule has 24 heavy (non-hydrogen) atoms. The third-order valence-electron chi connectivity index (χ3n) is 4.33. The van der Waals surface area contributed by atoms with Gasteiger partial charge in [-0.05, 0) is 38.0 Å². The zero-order valence-corrected chi connectivity index (χ0v) is 14.3. The number of halogens is 1. The quantitative estimate of drug-likeness (QED) is 0.729. The van der Waals surface area contributed by atoms with Gasteiger partial charge in [0, 0.05) is 16.0 Å². The minimum Gasteiger partial charge on any atom is -0.396 e. The van der Waals surface area contributed by atoms with Gasteiger partial charge < -0.3 is 5.73 Å². The lowest BCUT2D eigenvalue weighted by atomic mass is 9.85. The van der Waals surface area contributed by atoms with Gasteiger partial charge in [0.25, 0.3) is 0 Å². The van der Waals surface area contributed by atoms with Gasteiger partial charge >= 0.3 is 0 Å². The van der Waals surface area contributed by atoms with E-state index in [1.807, 2.05) is 42.5 Å². The minimum atomic E-state index is -0.271. The third-order valence-corrected chi connectivity index (χ3v) is 4.68. The van der Waals surface area contributed by atoms with E-state index in [9.17, 15) is 0 Å². The van der Waals surface area contributed by atoms with Crippen molar-refractivity contribution in [3.63, 3.8) is 0 Å². The molecule has 120 valence electrons. The minimum absolute atomic E-state index is 0.271. The second kappa shape index (κ2) is 5.28. The highest BCUT2D eigenvalue weighted by atomic mass is 35.5. The van der Waals surface area contributed by atoms with Crippen molar-refractivity contribution < 1.29 is 0 Å². The zero-order valence-electron chi connectivity index (χ0n) is 13.5. The van der Waals surface area contributed by atoms with Gasteiger partial charge in [0.05, 0.1) is 22.5 Å². The van der Waals surface area contributed by atoms with E-state index in [1.165, 1.54) is 0 Å². The van der Waals surface area contributed by atoms with E-state index in [-0.39, 0.29) is 5.54 Å². The van der Waals surface area contributed by atoms with Gasteiger partial charge in [-0.25, -0.2) is 0 Å². The Bertz CT molecular complexity index is 992. The summed E-state index contributed by atoms with van der Waals surface area (Å²) in [6.45, 7) is 4.17. The number of nitrogens with zero attached hydrogens (tertiary/aromatic N) is 3. The van der Waals surface area contributed by atoms with Crippen molar-refractivity contribution in [3.8, 4) is 0 Å². The van der Waals surface area contributed by atoms with Crippen molar-refractivity contribution in [1.82, 2.24) is 10.2 Å². The number of rotatable bonds is 1. The Kier molecular flexibility index (Phi) is 3.32. The molecule has 0 saturated heterocycles. The highest BCUT2D eigenvalue weighted by Crippen LogP contribution is 2.35. The molecule has 2 N–H and O–H groups in total. The lowest BCUT2D eigenvalue weighted by molar-refractivity contribution is 0.513. The molecule has 4 rings (SSSR count). The molecule has 3 aromatic rings. The summed E-state index contributed by atoms with van der Waals surface area (Å²) in [5.74, 6) is 0. The standard InChI is InChI=1S/C19H17ClN4/c1-19(2)10-13-11(7-5-8-14(13)20)17(22-19)18-16(21)12-6-3-4-9-15(12)23-24-18/h3-9H,10H2,1-2H3,(H2,21,23). The molecular formula is C19H17ClN4. The number of nitrogens with two attached hydrogens (primary N) is 1. The first-order chi connectivity index (χ1) is 11.5. The summed E-state index contributed by atoms with van der Waals surface area (Å²) in [5, 5.41) is 10.3. The largest absolute Gasteiger partial charge is 0.396 e. The normalized spacial score (nSPS) is 15.9. The molecule has 2 heterocycles. The Balaban J connectivity index is 2.01. The van der Waals surface area contributed by atoms with E-state index in [0.717, 1.165) is 39.2 Å². The van der Waals surface area contributed by atoms with Gasteiger partial charge in [0.1, 0.15) is 5.69 Å². The van der Waals surface area contributed by atoms with Gasteiger partial charge in [-0.2, -0.15) is 0 Å². The summed E-state index contributed by atoms with van der Waals surface area (Å²) >= 11 is 6.43. The lowest BCUT2D eigenvalue weighted by Gasteiger charge is -2.29. The van der Waals surface area contributed by atoms with Gasteiger partial charge in [0.2, 0.25) is 0 Å². The molecule has 0 unspecified atom stereocenters. The molecule has 5 heteroatoms. The summed E-state index contributed by atoms with van der Waals surface area (Å²) in [4.78, 5) is 4.91.